The van der Waals surface area contributed by atoms with E-state index < -0.39 is 0 Å². The summed E-state index contributed by atoms with van der Waals surface area (Å²) >= 11 is 0. The highest BCUT2D eigenvalue weighted by Gasteiger charge is 2.55. The normalized spacial score (nSPS) is 28.4. The molecule has 2 aromatic rings. The highest BCUT2D eigenvalue weighted by molar-refractivity contribution is 5.40. The van der Waals surface area contributed by atoms with Crippen LogP contribution in [0.15, 0.2) is 48.7 Å². The lowest BCUT2D eigenvalue weighted by Crippen LogP contribution is -2.27. The number of benzene rings is 1. The molecular formula is C18H20N2. The fourth-order valence-corrected chi connectivity index (χ4v) is 4.10. The van der Waals surface area contributed by atoms with E-state index in [1.165, 1.54) is 12.8 Å². The summed E-state index contributed by atoms with van der Waals surface area (Å²) in [6.45, 7) is 0. The van der Waals surface area contributed by atoms with Gasteiger partial charge in [-0.1, -0.05) is 30.3 Å². The van der Waals surface area contributed by atoms with Crippen molar-refractivity contribution in [3.05, 3.63) is 65.5 Å². The van der Waals surface area contributed by atoms with Crippen molar-refractivity contribution in [1.29, 1.82) is 0 Å². The van der Waals surface area contributed by atoms with Crippen LogP contribution in [0.2, 0.25) is 0 Å². The molecule has 2 heteroatoms. The standard InChI is InChI=1S/C18H20N2/c19-16(11-13-6-3-4-10-20-13)18-15-9-8-12-5-1-2-7-14(12)17(15)18/h1-7,10,15-18H,8-9,11,19H2. The first kappa shape index (κ1) is 12.1. The number of nitrogens with two attached hydrogens (primary N) is 1. The molecule has 102 valence electrons. The molecule has 1 aromatic heterocycles. The number of pyridine rings is 1. The number of rotatable bonds is 3. The van der Waals surface area contributed by atoms with E-state index in [1.54, 1.807) is 11.1 Å². The molecule has 0 saturated heterocycles. The molecule has 0 spiro atoms. The van der Waals surface area contributed by atoms with E-state index in [4.69, 9.17) is 5.73 Å². The second-order valence-corrected chi connectivity index (χ2v) is 6.19. The van der Waals surface area contributed by atoms with Crippen LogP contribution < -0.4 is 5.73 Å². The highest BCUT2D eigenvalue weighted by Crippen LogP contribution is 2.61. The van der Waals surface area contributed by atoms with Gasteiger partial charge < -0.3 is 5.73 Å². The van der Waals surface area contributed by atoms with Crippen molar-refractivity contribution >= 4 is 0 Å². The van der Waals surface area contributed by atoms with Gasteiger partial charge in [0.05, 0.1) is 0 Å². The van der Waals surface area contributed by atoms with E-state index in [9.17, 15) is 0 Å². The molecule has 2 nitrogen and oxygen atoms in total. The summed E-state index contributed by atoms with van der Waals surface area (Å²) in [6.07, 6.45) is 5.30. The van der Waals surface area contributed by atoms with E-state index in [2.05, 4.69) is 35.3 Å². The van der Waals surface area contributed by atoms with E-state index in [0.717, 1.165) is 18.0 Å². The summed E-state index contributed by atoms with van der Waals surface area (Å²) in [5.41, 5.74) is 10.7. The zero-order chi connectivity index (χ0) is 13.5. The Morgan fingerprint density at radius 1 is 1.15 bits per heavy atom. The van der Waals surface area contributed by atoms with Gasteiger partial charge in [-0.3, -0.25) is 4.98 Å². The first-order valence-electron chi connectivity index (χ1n) is 7.58. The van der Waals surface area contributed by atoms with Crippen molar-refractivity contribution in [2.24, 2.45) is 17.6 Å². The van der Waals surface area contributed by atoms with Crippen LogP contribution in [0.25, 0.3) is 0 Å². The zero-order valence-electron chi connectivity index (χ0n) is 11.6. The molecule has 0 radical (unpaired) electrons. The minimum Gasteiger partial charge on any atom is -0.327 e. The van der Waals surface area contributed by atoms with Crippen LogP contribution in [0.1, 0.15) is 29.2 Å². The third-order valence-corrected chi connectivity index (χ3v) is 5.06. The predicted molar refractivity (Wildman–Crippen MR) is 80.4 cm³/mol. The lowest BCUT2D eigenvalue weighted by molar-refractivity contribution is 0.527. The van der Waals surface area contributed by atoms with Gasteiger partial charge in [0.1, 0.15) is 0 Å². The van der Waals surface area contributed by atoms with Crippen molar-refractivity contribution in [3.63, 3.8) is 0 Å². The van der Waals surface area contributed by atoms with Crippen LogP contribution in [0, 0.1) is 11.8 Å². The van der Waals surface area contributed by atoms with Crippen LogP contribution in [0.4, 0.5) is 0 Å². The van der Waals surface area contributed by atoms with Crippen molar-refractivity contribution < 1.29 is 0 Å². The third-order valence-electron chi connectivity index (χ3n) is 5.06. The lowest BCUT2D eigenvalue weighted by atomic mass is 9.92. The Labute approximate surface area is 120 Å². The summed E-state index contributed by atoms with van der Waals surface area (Å²) in [6, 6.07) is 15.2. The van der Waals surface area contributed by atoms with Gasteiger partial charge in [0.2, 0.25) is 0 Å². The molecule has 0 amide bonds. The van der Waals surface area contributed by atoms with Gasteiger partial charge in [0.25, 0.3) is 0 Å². The fourth-order valence-electron chi connectivity index (χ4n) is 4.10. The van der Waals surface area contributed by atoms with E-state index in [-0.39, 0.29) is 6.04 Å². The van der Waals surface area contributed by atoms with E-state index in [1.807, 2.05) is 18.3 Å². The fraction of sp³-hybridized carbons (Fsp3) is 0.389. The van der Waals surface area contributed by atoms with Gasteiger partial charge >= 0.3 is 0 Å². The van der Waals surface area contributed by atoms with Crippen LogP contribution >= 0.6 is 0 Å². The third kappa shape index (κ3) is 1.95. The van der Waals surface area contributed by atoms with Crippen LogP contribution in [-0.4, -0.2) is 11.0 Å². The highest BCUT2D eigenvalue weighted by atomic mass is 14.8. The summed E-state index contributed by atoms with van der Waals surface area (Å²) < 4.78 is 0. The number of hydrogen-bond acceptors (Lipinski definition) is 2. The maximum atomic E-state index is 6.49. The Morgan fingerprint density at radius 2 is 2.00 bits per heavy atom. The largest absolute Gasteiger partial charge is 0.327 e. The Balaban J connectivity index is 1.52. The van der Waals surface area contributed by atoms with Crippen LogP contribution in [0.3, 0.4) is 0 Å². The Kier molecular flexibility index (Phi) is 2.85. The number of fused-ring (bicyclic) bond motifs is 3. The topological polar surface area (TPSA) is 38.9 Å². The average molecular weight is 264 g/mol. The van der Waals surface area contributed by atoms with Gasteiger partial charge in [0.15, 0.2) is 0 Å². The smallest absolute Gasteiger partial charge is 0.0419 e. The predicted octanol–water partition coefficient (Wildman–Crippen LogP) is 2.93. The molecule has 1 fully saturated rings. The molecule has 1 saturated carbocycles. The molecule has 20 heavy (non-hydrogen) atoms. The van der Waals surface area contributed by atoms with Crippen molar-refractivity contribution in [1.82, 2.24) is 4.98 Å². The maximum Gasteiger partial charge on any atom is 0.0419 e. The minimum absolute atomic E-state index is 0.242. The molecule has 2 aliphatic rings. The van der Waals surface area contributed by atoms with Gasteiger partial charge in [-0.2, -0.15) is 0 Å². The quantitative estimate of drug-likeness (QED) is 0.925. The maximum absolute atomic E-state index is 6.49. The van der Waals surface area contributed by atoms with Crippen molar-refractivity contribution in [3.8, 4) is 0 Å². The van der Waals surface area contributed by atoms with Gasteiger partial charge in [-0.25, -0.2) is 0 Å². The molecule has 4 atom stereocenters. The average Bonchev–Trinajstić information content (AvgIpc) is 3.23. The molecule has 0 aliphatic heterocycles. The van der Waals surface area contributed by atoms with Crippen molar-refractivity contribution in [2.45, 2.75) is 31.2 Å². The molecule has 4 rings (SSSR count). The molecular weight excluding hydrogens is 244 g/mol. The number of nitrogens with zero attached hydrogens (tertiary/aromatic N) is 1. The second kappa shape index (κ2) is 4.71. The molecule has 1 aromatic carbocycles. The first-order valence-corrected chi connectivity index (χ1v) is 7.58. The van der Waals surface area contributed by atoms with Crippen molar-refractivity contribution in [2.75, 3.05) is 0 Å². The second-order valence-electron chi connectivity index (χ2n) is 6.19. The Morgan fingerprint density at radius 3 is 2.85 bits per heavy atom. The minimum atomic E-state index is 0.242. The zero-order valence-corrected chi connectivity index (χ0v) is 11.6. The monoisotopic (exact) mass is 264 g/mol. The van der Waals surface area contributed by atoms with Gasteiger partial charge in [-0.15, -0.1) is 0 Å². The number of aromatic nitrogens is 1. The molecule has 2 aliphatic carbocycles. The van der Waals surface area contributed by atoms with Crippen LogP contribution in [-0.2, 0) is 12.8 Å². The number of hydrogen-bond donors (Lipinski definition) is 1. The molecule has 0 bridgehead atoms. The summed E-state index contributed by atoms with van der Waals surface area (Å²) in [5, 5.41) is 0. The van der Waals surface area contributed by atoms with Gasteiger partial charge in [-0.05, 0) is 53.9 Å². The first-order chi connectivity index (χ1) is 9.84. The molecule has 1 heterocycles. The molecule has 4 unspecified atom stereocenters. The van der Waals surface area contributed by atoms with E-state index >= 15 is 0 Å². The summed E-state index contributed by atoms with van der Waals surface area (Å²) in [7, 11) is 0. The van der Waals surface area contributed by atoms with Gasteiger partial charge in [0, 0.05) is 24.4 Å². The number of aryl methyl sites for hydroxylation is 1. The Hall–Kier alpha value is -1.67. The SMILES string of the molecule is NC(Cc1ccccn1)C1C2CCc3ccccc3C21. The summed E-state index contributed by atoms with van der Waals surface area (Å²) in [4.78, 5) is 4.41. The Bertz CT molecular complexity index is 608. The van der Waals surface area contributed by atoms with E-state index in [0.29, 0.717) is 11.8 Å². The summed E-state index contributed by atoms with van der Waals surface area (Å²) in [5.74, 6) is 2.17. The molecule has 2 N–H and O–H groups in total. The lowest BCUT2D eigenvalue weighted by Gasteiger charge is -2.13. The van der Waals surface area contributed by atoms with Crippen LogP contribution in [0.5, 0.6) is 0 Å².